The van der Waals surface area contributed by atoms with Gasteiger partial charge >= 0.3 is 0 Å². The zero-order chi connectivity index (χ0) is 15.6. The number of rotatable bonds is 4. The summed E-state index contributed by atoms with van der Waals surface area (Å²) in [4.78, 5) is 14.0. The molecule has 1 aliphatic rings. The van der Waals surface area contributed by atoms with Gasteiger partial charge in [-0.15, -0.1) is 0 Å². The van der Waals surface area contributed by atoms with Gasteiger partial charge in [-0.2, -0.15) is 0 Å². The third-order valence-corrected chi connectivity index (χ3v) is 5.23. The number of sulfonamides is 1. The van der Waals surface area contributed by atoms with E-state index in [1.165, 1.54) is 0 Å². The molecule has 1 heterocycles. The molecule has 0 aliphatic carbocycles. The van der Waals surface area contributed by atoms with E-state index in [0.29, 0.717) is 13.1 Å². The molecule has 1 saturated heterocycles. The maximum atomic E-state index is 12.4. The maximum absolute atomic E-state index is 12.4. The molecular formula is C14H21N3O3S. The summed E-state index contributed by atoms with van der Waals surface area (Å²) in [6.07, 6.45) is 0. The zero-order valence-electron chi connectivity index (χ0n) is 12.5. The summed E-state index contributed by atoms with van der Waals surface area (Å²) in [6.45, 7) is 2.96. The van der Waals surface area contributed by atoms with Crippen LogP contribution in [-0.2, 0) is 14.8 Å². The third kappa shape index (κ3) is 3.61. The first-order valence-electron chi connectivity index (χ1n) is 6.82. The predicted octanol–water partition coefficient (Wildman–Crippen LogP) is -0.0505. The molecule has 21 heavy (non-hydrogen) atoms. The number of nitrogens with zero attached hydrogens (tertiary/aromatic N) is 1. The molecule has 1 amide bonds. The van der Waals surface area contributed by atoms with Gasteiger partial charge in [0.2, 0.25) is 15.9 Å². The van der Waals surface area contributed by atoms with Crippen molar-refractivity contribution in [1.82, 2.24) is 14.9 Å². The Balaban J connectivity index is 2.19. The van der Waals surface area contributed by atoms with Gasteiger partial charge in [0.05, 0.1) is 10.8 Å². The first-order chi connectivity index (χ1) is 9.83. The minimum absolute atomic E-state index is 0.143. The number of nitrogens with one attached hydrogen (secondary N) is 2. The highest BCUT2D eigenvalue weighted by Crippen LogP contribution is 2.19. The number of aryl methyl sites for hydroxylation is 1. The van der Waals surface area contributed by atoms with Crippen LogP contribution in [0.15, 0.2) is 29.2 Å². The van der Waals surface area contributed by atoms with Gasteiger partial charge in [-0.25, -0.2) is 13.1 Å². The van der Waals surface area contributed by atoms with Crippen molar-refractivity contribution >= 4 is 15.9 Å². The van der Waals surface area contributed by atoms with Gasteiger partial charge in [0.25, 0.3) is 0 Å². The van der Waals surface area contributed by atoms with Crippen molar-refractivity contribution in [2.45, 2.75) is 17.9 Å². The van der Waals surface area contributed by atoms with Crippen LogP contribution in [0.5, 0.6) is 0 Å². The summed E-state index contributed by atoms with van der Waals surface area (Å²) in [5.74, 6) is -0.517. The van der Waals surface area contributed by atoms with Crippen LogP contribution in [0, 0.1) is 12.8 Å². The topological polar surface area (TPSA) is 78.5 Å². The second-order valence-electron chi connectivity index (χ2n) is 5.48. The predicted molar refractivity (Wildman–Crippen MR) is 80.3 cm³/mol. The number of hydrogen-bond acceptors (Lipinski definition) is 4. The first kappa shape index (κ1) is 15.9. The molecule has 116 valence electrons. The molecule has 0 bridgehead atoms. The van der Waals surface area contributed by atoms with Gasteiger partial charge < -0.3 is 10.2 Å². The number of likely N-dealkylation sites (N-methyl/N-ethyl adjacent to an activating group) is 1. The van der Waals surface area contributed by atoms with E-state index in [1.807, 2.05) is 18.9 Å². The number of hydrogen-bond donors (Lipinski definition) is 2. The van der Waals surface area contributed by atoms with Crippen molar-refractivity contribution in [1.29, 1.82) is 0 Å². The van der Waals surface area contributed by atoms with Gasteiger partial charge in [0, 0.05) is 26.2 Å². The van der Waals surface area contributed by atoms with E-state index in [4.69, 9.17) is 0 Å². The Kier molecular flexibility index (Phi) is 4.65. The van der Waals surface area contributed by atoms with E-state index in [2.05, 4.69) is 10.0 Å². The van der Waals surface area contributed by atoms with Gasteiger partial charge in [0.1, 0.15) is 0 Å². The lowest BCUT2D eigenvalue weighted by Crippen LogP contribution is -2.45. The van der Waals surface area contributed by atoms with Crippen molar-refractivity contribution in [2.75, 3.05) is 27.2 Å². The Morgan fingerprint density at radius 3 is 2.43 bits per heavy atom. The third-order valence-electron chi connectivity index (χ3n) is 3.72. The Bertz CT molecular complexity index is 613. The Labute approximate surface area is 125 Å². The minimum Gasteiger partial charge on any atom is -0.359 e. The van der Waals surface area contributed by atoms with Crippen LogP contribution in [0.25, 0.3) is 0 Å². The number of carbonyl (C=O) groups excluding carboxylic acids is 1. The molecule has 1 aliphatic heterocycles. The number of amides is 1. The number of likely N-dealkylation sites (tertiary alicyclic amines) is 1. The average molecular weight is 311 g/mol. The van der Waals surface area contributed by atoms with Crippen LogP contribution in [-0.4, -0.2) is 52.5 Å². The van der Waals surface area contributed by atoms with Gasteiger partial charge in [0.15, 0.2) is 0 Å². The lowest BCUT2D eigenvalue weighted by Gasteiger charge is -2.18. The second-order valence-corrected chi connectivity index (χ2v) is 7.20. The maximum Gasteiger partial charge on any atom is 0.240 e. The van der Waals surface area contributed by atoms with Gasteiger partial charge in [-0.3, -0.25) is 4.79 Å². The number of carbonyl (C=O) groups is 1. The molecule has 0 unspecified atom stereocenters. The normalized spacial score (nSPS) is 23.2. The first-order valence-corrected chi connectivity index (χ1v) is 8.31. The number of benzene rings is 1. The fraction of sp³-hybridized carbons (Fsp3) is 0.500. The lowest BCUT2D eigenvalue weighted by atomic mass is 10.0. The fourth-order valence-electron chi connectivity index (χ4n) is 2.56. The standard InChI is InChI=1S/C14H21N3O3S/c1-10-4-6-11(7-5-10)21(19,20)16-13-9-17(3)8-12(13)14(18)15-2/h4-7,12-13,16H,8-9H2,1-3H3,(H,15,18)/t12-,13-/m0/s1. The van der Waals surface area contributed by atoms with Crippen molar-refractivity contribution < 1.29 is 13.2 Å². The van der Waals surface area contributed by atoms with Crippen LogP contribution < -0.4 is 10.0 Å². The average Bonchev–Trinajstić information content (AvgIpc) is 2.78. The monoisotopic (exact) mass is 311 g/mol. The molecular weight excluding hydrogens is 290 g/mol. The Hall–Kier alpha value is -1.44. The van der Waals surface area contributed by atoms with Gasteiger partial charge in [-0.1, -0.05) is 17.7 Å². The van der Waals surface area contributed by atoms with E-state index in [-0.39, 0.29) is 16.7 Å². The summed E-state index contributed by atoms with van der Waals surface area (Å²) in [7, 11) is -0.182. The SMILES string of the molecule is CNC(=O)[C@H]1CN(C)C[C@@H]1NS(=O)(=O)c1ccc(C)cc1. The van der Waals surface area contributed by atoms with E-state index < -0.39 is 16.1 Å². The molecule has 2 N–H and O–H groups in total. The molecule has 1 fully saturated rings. The smallest absolute Gasteiger partial charge is 0.240 e. The van der Waals surface area contributed by atoms with Crippen LogP contribution in [0.1, 0.15) is 5.56 Å². The van der Waals surface area contributed by atoms with Crippen molar-refractivity contribution in [2.24, 2.45) is 5.92 Å². The van der Waals surface area contributed by atoms with E-state index in [0.717, 1.165) is 5.56 Å². The highest BCUT2D eigenvalue weighted by atomic mass is 32.2. The fourth-order valence-corrected chi connectivity index (χ4v) is 3.82. The quantitative estimate of drug-likeness (QED) is 0.817. The van der Waals surface area contributed by atoms with E-state index in [1.54, 1.807) is 31.3 Å². The largest absolute Gasteiger partial charge is 0.359 e. The van der Waals surface area contributed by atoms with Crippen molar-refractivity contribution in [3.63, 3.8) is 0 Å². The highest BCUT2D eigenvalue weighted by molar-refractivity contribution is 7.89. The summed E-state index contributed by atoms with van der Waals surface area (Å²) in [5, 5.41) is 2.59. The Morgan fingerprint density at radius 1 is 1.24 bits per heavy atom. The van der Waals surface area contributed by atoms with Crippen molar-refractivity contribution in [3.8, 4) is 0 Å². The van der Waals surface area contributed by atoms with Crippen LogP contribution in [0.4, 0.5) is 0 Å². The molecule has 0 radical (unpaired) electrons. The van der Waals surface area contributed by atoms with E-state index in [9.17, 15) is 13.2 Å². The highest BCUT2D eigenvalue weighted by Gasteiger charge is 2.38. The molecule has 1 aromatic rings. The van der Waals surface area contributed by atoms with Crippen LogP contribution >= 0.6 is 0 Å². The molecule has 0 saturated carbocycles. The summed E-state index contributed by atoms with van der Waals surface area (Å²) in [6, 6.07) is 6.24. The molecule has 0 aromatic heterocycles. The summed E-state index contributed by atoms with van der Waals surface area (Å²) >= 11 is 0. The van der Waals surface area contributed by atoms with Crippen molar-refractivity contribution in [3.05, 3.63) is 29.8 Å². The van der Waals surface area contributed by atoms with Crippen LogP contribution in [0.2, 0.25) is 0 Å². The lowest BCUT2D eigenvalue weighted by molar-refractivity contribution is -0.124. The minimum atomic E-state index is -3.62. The summed E-state index contributed by atoms with van der Waals surface area (Å²) in [5.41, 5.74) is 0.998. The molecule has 6 nitrogen and oxygen atoms in total. The Morgan fingerprint density at radius 2 is 1.86 bits per heavy atom. The zero-order valence-corrected chi connectivity index (χ0v) is 13.3. The molecule has 2 rings (SSSR count). The molecule has 2 atom stereocenters. The molecule has 1 aromatic carbocycles. The van der Waals surface area contributed by atoms with E-state index >= 15 is 0 Å². The second kappa shape index (κ2) is 6.13. The van der Waals surface area contributed by atoms with Gasteiger partial charge in [-0.05, 0) is 26.1 Å². The molecule has 0 spiro atoms. The van der Waals surface area contributed by atoms with Crippen LogP contribution in [0.3, 0.4) is 0 Å². The summed E-state index contributed by atoms with van der Waals surface area (Å²) < 4.78 is 27.5. The molecule has 7 heteroatoms.